The van der Waals surface area contributed by atoms with Gasteiger partial charge in [-0.1, -0.05) is 65.5 Å². The second-order valence-electron chi connectivity index (χ2n) is 14.2. The summed E-state index contributed by atoms with van der Waals surface area (Å²) in [6.07, 6.45) is 16.0. The summed E-state index contributed by atoms with van der Waals surface area (Å²) in [5, 5.41) is 0.712. The second kappa shape index (κ2) is 10.2. The molecular weight excluding hydrogens is 462 g/mol. The molecule has 0 radical (unpaired) electrons. The number of imide groups is 1. The molecule has 5 heteroatoms. The lowest BCUT2D eigenvalue weighted by Gasteiger charge is -2.58. The third kappa shape index (κ3) is 4.71. The molecule has 5 rings (SSSR count). The van der Waals surface area contributed by atoms with Crippen molar-refractivity contribution < 1.29 is 19.2 Å². The first-order valence-corrected chi connectivity index (χ1v) is 15.3. The van der Waals surface area contributed by atoms with E-state index in [1.54, 1.807) is 0 Å². The molecule has 1 saturated heterocycles. The molecule has 0 aromatic rings. The SMILES string of the molecule is CC(C)CCC[C@@H](C)[C@H]1CCC2C3CC=C4CC(C(=O)ON5C(=O)CCC5=O)CC[C@]4(C)C3CC[C@@]21C. The Kier molecular flexibility index (Phi) is 7.39. The zero-order valence-corrected chi connectivity index (χ0v) is 23.9. The van der Waals surface area contributed by atoms with Gasteiger partial charge in [-0.2, -0.15) is 0 Å². The summed E-state index contributed by atoms with van der Waals surface area (Å²) < 4.78 is 0. The van der Waals surface area contributed by atoms with Gasteiger partial charge in [-0.25, -0.2) is 4.79 Å². The molecular formula is C32H49NO4. The normalized spacial score (nSPS) is 40.2. The third-order valence-electron chi connectivity index (χ3n) is 11.8. The highest BCUT2D eigenvalue weighted by Crippen LogP contribution is 2.67. The first kappa shape index (κ1) is 26.9. The van der Waals surface area contributed by atoms with Crippen LogP contribution < -0.4 is 0 Å². The van der Waals surface area contributed by atoms with E-state index in [2.05, 4.69) is 40.7 Å². The fourth-order valence-electron chi connectivity index (χ4n) is 9.71. The fourth-order valence-corrected chi connectivity index (χ4v) is 9.71. The van der Waals surface area contributed by atoms with Gasteiger partial charge in [0, 0.05) is 12.8 Å². The van der Waals surface area contributed by atoms with Crippen molar-refractivity contribution >= 4 is 17.8 Å². The van der Waals surface area contributed by atoms with E-state index in [0.717, 1.165) is 48.9 Å². The molecule has 0 spiro atoms. The van der Waals surface area contributed by atoms with Crippen LogP contribution in [0.2, 0.25) is 0 Å². The molecule has 206 valence electrons. The van der Waals surface area contributed by atoms with Gasteiger partial charge in [-0.05, 0) is 97.7 Å². The van der Waals surface area contributed by atoms with Crippen molar-refractivity contribution in [1.29, 1.82) is 0 Å². The molecule has 4 fully saturated rings. The number of carbonyl (C=O) groups excluding carboxylic acids is 3. The van der Waals surface area contributed by atoms with Crippen molar-refractivity contribution in [2.45, 2.75) is 118 Å². The van der Waals surface area contributed by atoms with Gasteiger partial charge in [0.05, 0.1) is 5.92 Å². The number of hydrogen-bond acceptors (Lipinski definition) is 4. The molecule has 0 N–H and O–H groups in total. The number of hydrogen-bond donors (Lipinski definition) is 0. The summed E-state index contributed by atoms with van der Waals surface area (Å²) in [5.74, 6) is 3.35. The zero-order chi connectivity index (χ0) is 26.5. The average molecular weight is 512 g/mol. The van der Waals surface area contributed by atoms with Gasteiger partial charge in [0.2, 0.25) is 0 Å². The molecule has 5 aliphatic rings. The van der Waals surface area contributed by atoms with Crippen LogP contribution in [0.4, 0.5) is 0 Å². The predicted molar refractivity (Wildman–Crippen MR) is 144 cm³/mol. The second-order valence-corrected chi connectivity index (χ2v) is 14.2. The lowest BCUT2D eigenvalue weighted by atomic mass is 9.46. The highest BCUT2D eigenvalue weighted by molar-refractivity contribution is 6.01. The molecule has 5 nitrogen and oxygen atoms in total. The summed E-state index contributed by atoms with van der Waals surface area (Å²) >= 11 is 0. The predicted octanol–water partition coefficient (Wildman–Crippen LogP) is 7.25. The summed E-state index contributed by atoms with van der Waals surface area (Å²) in [6.45, 7) is 12.3. The summed E-state index contributed by atoms with van der Waals surface area (Å²) in [6, 6.07) is 0. The van der Waals surface area contributed by atoms with Crippen molar-refractivity contribution in [3.05, 3.63) is 11.6 Å². The minimum absolute atomic E-state index is 0.140. The molecule has 8 atom stereocenters. The van der Waals surface area contributed by atoms with E-state index in [9.17, 15) is 14.4 Å². The lowest BCUT2D eigenvalue weighted by molar-refractivity contribution is -0.201. The maximum Gasteiger partial charge on any atom is 0.336 e. The van der Waals surface area contributed by atoms with Crippen molar-refractivity contribution in [2.75, 3.05) is 0 Å². The number of hydroxylamine groups is 2. The third-order valence-corrected chi connectivity index (χ3v) is 11.8. The molecule has 1 aliphatic heterocycles. The highest BCUT2D eigenvalue weighted by atomic mass is 16.7. The average Bonchev–Trinajstić information content (AvgIpc) is 3.37. The molecule has 1 heterocycles. The van der Waals surface area contributed by atoms with Crippen LogP contribution in [-0.4, -0.2) is 22.8 Å². The molecule has 0 aromatic heterocycles. The van der Waals surface area contributed by atoms with Crippen LogP contribution in [0.25, 0.3) is 0 Å². The van der Waals surface area contributed by atoms with Crippen LogP contribution >= 0.6 is 0 Å². The first-order chi connectivity index (χ1) is 17.5. The van der Waals surface area contributed by atoms with Gasteiger partial charge in [-0.15, -0.1) is 5.06 Å². The largest absolute Gasteiger partial charge is 0.336 e. The van der Waals surface area contributed by atoms with E-state index in [4.69, 9.17) is 4.84 Å². The van der Waals surface area contributed by atoms with Gasteiger partial charge < -0.3 is 4.84 Å². The number of rotatable bonds is 7. The molecule has 0 aromatic carbocycles. The Morgan fingerprint density at radius 3 is 2.43 bits per heavy atom. The van der Waals surface area contributed by atoms with E-state index < -0.39 is 17.8 Å². The fraction of sp³-hybridized carbons (Fsp3) is 0.844. The summed E-state index contributed by atoms with van der Waals surface area (Å²) in [4.78, 5) is 42.1. The Labute approximate surface area is 224 Å². The van der Waals surface area contributed by atoms with Gasteiger partial charge in [0.15, 0.2) is 0 Å². The molecule has 0 bridgehead atoms. The van der Waals surface area contributed by atoms with Gasteiger partial charge >= 0.3 is 5.97 Å². The Morgan fingerprint density at radius 2 is 1.73 bits per heavy atom. The molecule has 3 saturated carbocycles. The van der Waals surface area contributed by atoms with Gasteiger partial charge in [0.1, 0.15) is 0 Å². The Bertz CT molecular complexity index is 938. The molecule has 37 heavy (non-hydrogen) atoms. The summed E-state index contributed by atoms with van der Waals surface area (Å²) in [7, 11) is 0. The van der Waals surface area contributed by atoms with E-state index in [1.807, 2.05) is 0 Å². The van der Waals surface area contributed by atoms with Crippen molar-refractivity contribution in [3.8, 4) is 0 Å². The van der Waals surface area contributed by atoms with E-state index >= 15 is 0 Å². The maximum absolute atomic E-state index is 12.9. The number of fused-ring (bicyclic) bond motifs is 5. The number of allylic oxidation sites excluding steroid dienone is 2. The van der Waals surface area contributed by atoms with E-state index in [0.29, 0.717) is 22.8 Å². The van der Waals surface area contributed by atoms with Crippen LogP contribution in [0.3, 0.4) is 0 Å². The quantitative estimate of drug-likeness (QED) is 0.267. The van der Waals surface area contributed by atoms with E-state index in [-0.39, 0.29) is 24.2 Å². The molecule has 4 unspecified atom stereocenters. The standard InChI is InChI=1S/C32H49NO4/c1-20(2)7-6-8-21(3)25-11-12-26-24-10-9-23-19-22(30(36)37-33-28(34)13-14-29(33)35)15-17-31(23,4)27(24)16-18-32(25,26)5/h9,20-22,24-27H,6-8,10-19H2,1-5H3/t21-,22?,24?,25-,26?,27?,31+,32-/m1/s1. The maximum atomic E-state index is 12.9. The van der Waals surface area contributed by atoms with Crippen molar-refractivity contribution in [2.24, 2.45) is 52.3 Å². The Morgan fingerprint density at radius 1 is 1.00 bits per heavy atom. The topological polar surface area (TPSA) is 63.7 Å². The van der Waals surface area contributed by atoms with Crippen LogP contribution in [0, 0.1) is 52.3 Å². The number of amides is 2. The number of nitrogens with zero attached hydrogens (tertiary/aromatic N) is 1. The number of carbonyl (C=O) groups is 3. The van der Waals surface area contributed by atoms with Crippen molar-refractivity contribution in [1.82, 2.24) is 5.06 Å². The van der Waals surface area contributed by atoms with Crippen molar-refractivity contribution in [3.63, 3.8) is 0 Å². The zero-order valence-electron chi connectivity index (χ0n) is 23.9. The van der Waals surface area contributed by atoms with Crippen LogP contribution in [0.5, 0.6) is 0 Å². The van der Waals surface area contributed by atoms with E-state index in [1.165, 1.54) is 50.5 Å². The van der Waals surface area contributed by atoms with Gasteiger partial charge in [0.25, 0.3) is 11.8 Å². The van der Waals surface area contributed by atoms with Crippen LogP contribution in [-0.2, 0) is 19.2 Å². The Hall–Kier alpha value is -1.65. The van der Waals surface area contributed by atoms with Crippen LogP contribution in [0.1, 0.15) is 118 Å². The van der Waals surface area contributed by atoms with Crippen LogP contribution in [0.15, 0.2) is 11.6 Å². The molecule has 2 amide bonds. The first-order valence-electron chi connectivity index (χ1n) is 15.3. The summed E-state index contributed by atoms with van der Waals surface area (Å²) in [5.41, 5.74) is 2.08. The van der Waals surface area contributed by atoms with Gasteiger partial charge in [-0.3, -0.25) is 9.59 Å². The lowest BCUT2D eigenvalue weighted by Crippen LogP contribution is -2.51. The smallest absolute Gasteiger partial charge is 0.330 e. The minimum Gasteiger partial charge on any atom is -0.330 e. The molecule has 4 aliphatic carbocycles. The minimum atomic E-state index is -0.407. The monoisotopic (exact) mass is 511 g/mol. The Balaban J connectivity index is 1.25. The highest BCUT2D eigenvalue weighted by Gasteiger charge is 2.59.